The van der Waals surface area contributed by atoms with Crippen molar-refractivity contribution < 1.29 is 0 Å². The highest BCUT2D eigenvalue weighted by atomic mass is 14.8. The Morgan fingerprint density at radius 3 is 2.70 bits per heavy atom. The molecule has 1 aromatic carbocycles. The average Bonchev–Trinajstić information content (AvgIpc) is 2.52. The average molecular weight is 311 g/mol. The molecule has 1 aromatic rings. The minimum atomic E-state index is 0.535. The zero-order chi connectivity index (χ0) is 16.3. The highest BCUT2D eigenvalue weighted by Crippen LogP contribution is 2.27. The Bertz CT molecular complexity index is 539. The van der Waals surface area contributed by atoms with Crippen LogP contribution >= 0.6 is 0 Å². The van der Waals surface area contributed by atoms with Gasteiger partial charge in [0.25, 0.3) is 0 Å². The number of nitrogens with two attached hydrogens (primary N) is 1. The molecule has 3 N–H and O–H groups in total. The number of nitrogens with one attached hydrogen (secondary N) is 1. The van der Waals surface area contributed by atoms with Crippen LogP contribution in [0.5, 0.6) is 0 Å². The van der Waals surface area contributed by atoms with Gasteiger partial charge >= 0.3 is 0 Å². The summed E-state index contributed by atoms with van der Waals surface area (Å²) in [5, 5.41) is 3.18. The molecule has 1 saturated carbocycles. The van der Waals surface area contributed by atoms with Gasteiger partial charge in [0.05, 0.1) is 0 Å². The van der Waals surface area contributed by atoms with E-state index in [1.807, 2.05) is 13.1 Å². The molecule has 2 rings (SSSR count). The number of hydrogen-bond acceptors (Lipinski definition) is 3. The summed E-state index contributed by atoms with van der Waals surface area (Å²) in [7, 11) is 1.96. The number of hydrogen-bond donors (Lipinski definition) is 2. The second-order valence-corrected chi connectivity index (χ2v) is 6.10. The predicted octanol–water partition coefficient (Wildman–Crippen LogP) is 3.48. The SMILES string of the molecule is CNCCC(=C/CN)/N=C(\C=C\C1CCC1)Cc1ccccc1. The maximum atomic E-state index is 5.70. The summed E-state index contributed by atoms with van der Waals surface area (Å²) < 4.78 is 0. The topological polar surface area (TPSA) is 50.4 Å². The van der Waals surface area contributed by atoms with Gasteiger partial charge in [-0.15, -0.1) is 0 Å². The molecule has 1 aliphatic carbocycles. The van der Waals surface area contributed by atoms with Gasteiger partial charge in [-0.1, -0.05) is 42.8 Å². The van der Waals surface area contributed by atoms with Crippen LogP contribution in [-0.2, 0) is 6.42 Å². The van der Waals surface area contributed by atoms with E-state index < -0.39 is 0 Å². The van der Waals surface area contributed by atoms with Crippen molar-refractivity contribution in [1.29, 1.82) is 0 Å². The van der Waals surface area contributed by atoms with E-state index >= 15 is 0 Å². The van der Waals surface area contributed by atoms with Crippen molar-refractivity contribution in [2.45, 2.75) is 32.1 Å². The Balaban J connectivity index is 2.14. The maximum Gasteiger partial charge on any atom is 0.0447 e. The minimum absolute atomic E-state index is 0.535. The minimum Gasteiger partial charge on any atom is -0.327 e. The zero-order valence-corrected chi connectivity index (χ0v) is 14.2. The smallest absolute Gasteiger partial charge is 0.0447 e. The quantitative estimate of drug-likeness (QED) is 0.686. The van der Waals surface area contributed by atoms with Gasteiger partial charge in [0, 0.05) is 37.3 Å². The molecule has 0 aromatic heterocycles. The Morgan fingerprint density at radius 2 is 2.09 bits per heavy atom. The molecule has 0 atom stereocenters. The lowest BCUT2D eigenvalue weighted by Crippen LogP contribution is -2.11. The standard InChI is InChI=1S/C20H29N3/c1-22-15-13-19(12-14-21)23-20(11-10-17-8-5-9-17)16-18-6-3-2-4-7-18/h2-4,6-7,10-12,17,22H,5,8-9,13-16,21H2,1H3/b11-10+,19-12-,23-20+. The molecule has 23 heavy (non-hydrogen) atoms. The van der Waals surface area contributed by atoms with Crippen LogP contribution in [-0.4, -0.2) is 25.8 Å². The third kappa shape index (κ3) is 6.51. The van der Waals surface area contributed by atoms with E-state index in [2.05, 4.69) is 47.8 Å². The fourth-order valence-corrected chi connectivity index (χ4v) is 2.60. The first kappa shape index (κ1) is 17.6. The lowest BCUT2D eigenvalue weighted by Gasteiger charge is -2.21. The second kappa shape index (κ2) is 10.1. The lowest BCUT2D eigenvalue weighted by molar-refractivity contribution is 0.388. The van der Waals surface area contributed by atoms with Crippen LogP contribution in [0.25, 0.3) is 0 Å². The molecule has 1 aliphatic rings. The molecule has 0 spiro atoms. The summed E-state index contributed by atoms with van der Waals surface area (Å²) in [6.07, 6.45) is 12.4. The summed E-state index contributed by atoms with van der Waals surface area (Å²) in [5.41, 5.74) is 9.19. The van der Waals surface area contributed by atoms with Gasteiger partial charge in [-0.3, -0.25) is 4.99 Å². The summed E-state index contributed by atoms with van der Waals surface area (Å²) in [4.78, 5) is 4.90. The summed E-state index contributed by atoms with van der Waals surface area (Å²) in [5.74, 6) is 0.746. The van der Waals surface area contributed by atoms with E-state index in [4.69, 9.17) is 10.7 Å². The molecule has 0 unspecified atom stereocenters. The van der Waals surface area contributed by atoms with E-state index in [9.17, 15) is 0 Å². The van der Waals surface area contributed by atoms with Crippen LogP contribution in [0.4, 0.5) is 0 Å². The van der Waals surface area contributed by atoms with Crippen LogP contribution in [0.2, 0.25) is 0 Å². The van der Waals surface area contributed by atoms with E-state index in [0.29, 0.717) is 6.54 Å². The van der Waals surface area contributed by atoms with Gasteiger partial charge < -0.3 is 11.1 Å². The Morgan fingerprint density at radius 1 is 1.30 bits per heavy atom. The van der Waals surface area contributed by atoms with Gasteiger partial charge in [0.2, 0.25) is 0 Å². The zero-order valence-electron chi connectivity index (χ0n) is 14.2. The number of rotatable bonds is 9. The van der Waals surface area contributed by atoms with E-state index in [0.717, 1.165) is 36.7 Å². The Labute approximate surface area is 140 Å². The summed E-state index contributed by atoms with van der Waals surface area (Å²) in [6, 6.07) is 10.5. The molecule has 0 bridgehead atoms. The monoisotopic (exact) mass is 311 g/mol. The van der Waals surface area contributed by atoms with Gasteiger partial charge in [-0.25, -0.2) is 0 Å². The van der Waals surface area contributed by atoms with Gasteiger partial charge in [0.15, 0.2) is 0 Å². The molecule has 0 saturated heterocycles. The normalized spacial score (nSPS) is 16.8. The molecule has 0 amide bonds. The number of allylic oxidation sites excluding steroid dienone is 2. The van der Waals surface area contributed by atoms with Crippen LogP contribution < -0.4 is 11.1 Å². The molecule has 124 valence electrons. The molecular weight excluding hydrogens is 282 g/mol. The van der Waals surface area contributed by atoms with E-state index in [-0.39, 0.29) is 0 Å². The first-order valence-electron chi connectivity index (χ1n) is 8.65. The van der Waals surface area contributed by atoms with Crippen molar-refractivity contribution in [3.63, 3.8) is 0 Å². The molecular formula is C20H29N3. The Hall–Kier alpha value is -1.71. The van der Waals surface area contributed by atoms with Gasteiger partial charge in [-0.2, -0.15) is 0 Å². The molecule has 0 radical (unpaired) electrons. The molecule has 3 heteroatoms. The van der Waals surface area contributed by atoms with Crippen LogP contribution in [0, 0.1) is 5.92 Å². The highest BCUT2D eigenvalue weighted by Gasteiger charge is 2.13. The number of benzene rings is 1. The fraction of sp³-hybridized carbons (Fsp3) is 0.450. The van der Waals surface area contributed by atoms with Crippen molar-refractivity contribution >= 4 is 5.71 Å². The third-order valence-corrected chi connectivity index (χ3v) is 4.21. The molecule has 3 nitrogen and oxygen atoms in total. The summed E-state index contributed by atoms with van der Waals surface area (Å²) >= 11 is 0. The number of aliphatic imine (C=N–C) groups is 1. The van der Waals surface area contributed by atoms with Crippen molar-refractivity contribution in [3.05, 3.63) is 59.8 Å². The van der Waals surface area contributed by atoms with Crippen LogP contribution in [0.1, 0.15) is 31.2 Å². The van der Waals surface area contributed by atoms with E-state index in [1.54, 1.807) is 0 Å². The van der Waals surface area contributed by atoms with Crippen molar-refractivity contribution in [1.82, 2.24) is 5.32 Å². The van der Waals surface area contributed by atoms with Crippen molar-refractivity contribution in [2.75, 3.05) is 20.1 Å². The molecule has 0 heterocycles. The summed E-state index contributed by atoms with van der Waals surface area (Å²) in [6.45, 7) is 1.45. The fourth-order valence-electron chi connectivity index (χ4n) is 2.60. The van der Waals surface area contributed by atoms with Gasteiger partial charge in [-0.05, 0) is 43.5 Å². The molecule has 0 aliphatic heterocycles. The van der Waals surface area contributed by atoms with Crippen molar-refractivity contribution in [3.8, 4) is 0 Å². The molecule has 1 fully saturated rings. The first-order chi connectivity index (χ1) is 11.3. The van der Waals surface area contributed by atoms with Crippen molar-refractivity contribution in [2.24, 2.45) is 16.6 Å². The maximum absolute atomic E-state index is 5.70. The highest BCUT2D eigenvalue weighted by molar-refractivity contribution is 5.97. The largest absolute Gasteiger partial charge is 0.327 e. The first-order valence-corrected chi connectivity index (χ1v) is 8.65. The third-order valence-electron chi connectivity index (χ3n) is 4.21. The van der Waals surface area contributed by atoms with Crippen LogP contribution in [0.3, 0.4) is 0 Å². The van der Waals surface area contributed by atoms with Crippen LogP contribution in [0.15, 0.2) is 59.2 Å². The lowest BCUT2D eigenvalue weighted by atomic mass is 9.85. The Kier molecular flexibility index (Phi) is 7.78. The van der Waals surface area contributed by atoms with E-state index in [1.165, 1.54) is 24.8 Å². The second-order valence-electron chi connectivity index (χ2n) is 6.10. The van der Waals surface area contributed by atoms with Gasteiger partial charge in [0.1, 0.15) is 0 Å². The predicted molar refractivity (Wildman–Crippen MR) is 99.7 cm³/mol. The number of nitrogens with zero attached hydrogens (tertiary/aromatic N) is 1.